The number of para-hydroxylation sites is 1. The van der Waals surface area contributed by atoms with Crippen molar-refractivity contribution in [2.45, 2.75) is 32.9 Å². The first kappa shape index (κ1) is 18.8. The van der Waals surface area contributed by atoms with E-state index in [0.717, 1.165) is 37.7 Å². The molecular formula is C23H29N3O2. The lowest BCUT2D eigenvalue weighted by molar-refractivity contribution is -0.117. The minimum atomic E-state index is 0.0953. The smallest absolute Gasteiger partial charge is 0.224 e. The van der Waals surface area contributed by atoms with Crippen LogP contribution in [0.25, 0.3) is 0 Å². The Hall–Kier alpha value is -2.53. The molecule has 1 amide bonds. The van der Waals surface area contributed by atoms with Crippen LogP contribution in [0.5, 0.6) is 0 Å². The highest BCUT2D eigenvalue weighted by molar-refractivity contribution is 5.94. The Balaban J connectivity index is 1.76. The van der Waals surface area contributed by atoms with Gasteiger partial charge in [-0.3, -0.25) is 4.79 Å². The van der Waals surface area contributed by atoms with E-state index < -0.39 is 0 Å². The summed E-state index contributed by atoms with van der Waals surface area (Å²) < 4.78 is 5.51. The maximum absolute atomic E-state index is 12.4. The van der Waals surface area contributed by atoms with Crippen LogP contribution in [0.1, 0.15) is 32.4 Å². The lowest BCUT2D eigenvalue weighted by atomic mass is 9.82. The first-order valence-corrected chi connectivity index (χ1v) is 10.1. The Morgan fingerprint density at radius 3 is 2.46 bits per heavy atom. The van der Waals surface area contributed by atoms with Crippen molar-refractivity contribution in [3.63, 3.8) is 0 Å². The SMILES string of the molecule is CC(=O)N1c2ccc(N3CCOCC3)cc2C(Nc2ccccc2)[C@@H](C)[C@@H]1C. The molecule has 4 rings (SSSR count). The summed E-state index contributed by atoms with van der Waals surface area (Å²) >= 11 is 0. The van der Waals surface area contributed by atoms with Gasteiger partial charge in [0.2, 0.25) is 5.91 Å². The molecule has 28 heavy (non-hydrogen) atoms. The molecule has 2 aliphatic heterocycles. The van der Waals surface area contributed by atoms with Crippen LogP contribution in [0.4, 0.5) is 17.1 Å². The van der Waals surface area contributed by atoms with Crippen LogP contribution in [-0.2, 0) is 9.53 Å². The summed E-state index contributed by atoms with van der Waals surface area (Å²) in [6.07, 6.45) is 0. The van der Waals surface area contributed by atoms with Crippen molar-refractivity contribution in [2.24, 2.45) is 5.92 Å². The van der Waals surface area contributed by atoms with Gasteiger partial charge in [-0.15, -0.1) is 0 Å². The fourth-order valence-corrected chi connectivity index (χ4v) is 4.42. The molecule has 1 saturated heterocycles. The maximum atomic E-state index is 12.4. The number of carbonyl (C=O) groups is 1. The molecule has 5 nitrogen and oxygen atoms in total. The number of anilines is 3. The Bertz CT molecular complexity index is 833. The van der Waals surface area contributed by atoms with E-state index in [-0.39, 0.29) is 23.9 Å². The molecule has 3 atom stereocenters. The Morgan fingerprint density at radius 1 is 1.07 bits per heavy atom. The van der Waals surface area contributed by atoms with Gasteiger partial charge >= 0.3 is 0 Å². The van der Waals surface area contributed by atoms with Crippen molar-refractivity contribution in [1.82, 2.24) is 0 Å². The molecule has 2 aromatic carbocycles. The molecule has 1 fully saturated rings. The van der Waals surface area contributed by atoms with Crippen LogP contribution in [-0.4, -0.2) is 38.3 Å². The first-order valence-electron chi connectivity index (χ1n) is 10.1. The van der Waals surface area contributed by atoms with Gasteiger partial charge in [0, 0.05) is 54.6 Å². The van der Waals surface area contributed by atoms with E-state index in [1.807, 2.05) is 23.1 Å². The van der Waals surface area contributed by atoms with Gasteiger partial charge in [0.15, 0.2) is 0 Å². The second kappa shape index (κ2) is 7.84. The number of amides is 1. The molecule has 0 saturated carbocycles. The Morgan fingerprint density at radius 2 is 1.79 bits per heavy atom. The van der Waals surface area contributed by atoms with Gasteiger partial charge in [0.25, 0.3) is 0 Å². The number of benzene rings is 2. The molecule has 5 heteroatoms. The molecule has 0 radical (unpaired) electrons. The van der Waals surface area contributed by atoms with Gasteiger partial charge < -0.3 is 19.9 Å². The average molecular weight is 380 g/mol. The van der Waals surface area contributed by atoms with Crippen molar-refractivity contribution < 1.29 is 9.53 Å². The van der Waals surface area contributed by atoms with E-state index >= 15 is 0 Å². The number of nitrogens with zero attached hydrogens (tertiary/aromatic N) is 2. The third-order valence-corrected chi connectivity index (χ3v) is 6.11. The number of nitrogens with one attached hydrogen (secondary N) is 1. The number of carbonyl (C=O) groups excluding carboxylic acids is 1. The van der Waals surface area contributed by atoms with Gasteiger partial charge in [-0.1, -0.05) is 25.1 Å². The number of fused-ring (bicyclic) bond motifs is 1. The molecule has 1 N–H and O–H groups in total. The number of hydrogen-bond acceptors (Lipinski definition) is 4. The van der Waals surface area contributed by atoms with E-state index in [9.17, 15) is 4.79 Å². The van der Waals surface area contributed by atoms with Gasteiger partial charge in [0.1, 0.15) is 0 Å². The largest absolute Gasteiger partial charge is 0.378 e. The second-order valence-corrected chi connectivity index (χ2v) is 7.82. The molecule has 0 spiro atoms. The van der Waals surface area contributed by atoms with Crippen molar-refractivity contribution in [2.75, 3.05) is 41.4 Å². The normalized spacial score (nSPS) is 24.6. The number of morpholine rings is 1. The van der Waals surface area contributed by atoms with Crippen LogP contribution in [0.3, 0.4) is 0 Å². The predicted molar refractivity (Wildman–Crippen MR) is 114 cm³/mol. The van der Waals surface area contributed by atoms with Crippen LogP contribution < -0.4 is 15.1 Å². The van der Waals surface area contributed by atoms with Gasteiger partial charge in [0.05, 0.1) is 19.3 Å². The van der Waals surface area contributed by atoms with E-state index in [2.05, 4.69) is 54.4 Å². The average Bonchev–Trinajstić information content (AvgIpc) is 2.72. The van der Waals surface area contributed by atoms with Crippen molar-refractivity contribution in [3.8, 4) is 0 Å². The summed E-state index contributed by atoms with van der Waals surface area (Å²) in [5.41, 5.74) is 4.51. The molecule has 0 aliphatic carbocycles. The molecular weight excluding hydrogens is 350 g/mol. The molecule has 1 unspecified atom stereocenters. The fourth-order valence-electron chi connectivity index (χ4n) is 4.42. The van der Waals surface area contributed by atoms with Gasteiger partial charge in [-0.2, -0.15) is 0 Å². The third-order valence-electron chi connectivity index (χ3n) is 6.11. The highest BCUT2D eigenvalue weighted by Crippen LogP contribution is 2.44. The highest BCUT2D eigenvalue weighted by atomic mass is 16.5. The molecule has 2 aliphatic rings. The monoisotopic (exact) mass is 379 g/mol. The summed E-state index contributed by atoms with van der Waals surface area (Å²) in [5, 5.41) is 3.73. The summed E-state index contributed by atoms with van der Waals surface area (Å²) in [4.78, 5) is 16.8. The third kappa shape index (κ3) is 3.47. The van der Waals surface area contributed by atoms with E-state index in [0.29, 0.717) is 0 Å². The number of ether oxygens (including phenoxy) is 1. The molecule has 0 aromatic heterocycles. The predicted octanol–water partition coefficient (Wildman–Crippen LogP) is 4.07. The molecule has 0 bridgehead atoms. The van der Waals surface area contributed by atoms with Crippen LogP contribution in [0.2, 0.25) is 0 Å². The first-order chi connectivity index (χ1) is 13.6. The van der Waals surface area contributed by atoms with Crippen molar-refractivity contribution in [3.05, 3.63) is 54.1 Å². The lowest BCUT2D eigenvalue weighted by Crippen LogP contribution is -2.48. The van der Waals surface area contributed by atoms with Gasteiger partial charge in [-0.05, 0) is 37.3 Å². The number of rotatable bonds is 3. The quantitative estimate of drug-likeness (QED) is 0.873. The summed E-state index contributed by atoms with van der Waals surface area (Å²) in [5.74, 6) is 0.370. The van der Waals surface area contributed by atoms with Crippen molar-refractivity contribution >= 4 is 23.0 Å². The maximum Gasteiger partial charge on any atom is 0.224 e. The van der Waals surface area contributed by atoms with Crippen LogP contribution in [0, 0.1) is 5.92 Å². The second-order valence-electron chi connectivity index (χ2n) is 7.82. The number of hydrogen-bond donors (Lipinski definition) is 1. The van der Waals surface area contributed by atoms with Gasteiger partial charge in [-0.25, -0.2) is 0 Å². The zero-order valence-electron chi connectivity index (χ0n) is 16.9. The van der Waals surface area contributed by atoms with Crippen LogP contribution >= 0.6 is 0 Å². The van der Waals surface area contributed by atoms with Crippen LogP contribution in [0.15, 0.2) is 48.5 Å². The minimum Gasteiger partial charge on any atom is -0.378 e. The lowest BCUT2D eigenvalue weighted by Gasteiger charge is -2.44. The molecule has 2 aromatic rings. The summed E-state index contributed by atoms with van der Waals surface area (Å²) in [6.45, 7) is 9.35. The van der Waals surface area contributed by atoms with Crippen molar-refractivity contribution in [1.29, 1.82) is 0 Å². The molecule has 148 valence electrons. The highest BCUT2D eigenvalue weighted by Gasteiger charge is 2.38. The fraction of sp³-hybridized carbons (Fsp3) is 0.435. The minimum absolute atomic E-state index is 0.0953. The zero-order chi connectivity index (χ0) is 19.7. The Kier molecular flexibility index (Phi) is 5.27. The topological polar surface area (TPSA) is 44.8 Å². The zero-order valence-corrected chi connectivity index (χ0v) is 16.9. The summed E-state index contributed by atoms with van der Waals surface area (Å²) in [7, 11) is 0. The van der Waals surface area contributed by atoms with E-state index in [1.165, 1.54) is 11.3 Å². The van der Waals surface area contributed by atoms with E-state index in [1.54, 1.807) is 6.92 Å². The van der Waals surface area contributed by atoms with E-state index in [4.69, 9.17) is 4.74 Å². The molecule has 2 heterocycles. The summed E-state index contributed by atoms with van der Waals surface area (Å²) in [6, 6.07) is 17.1. The standard InChI is InChI=1S/C23H29N3O2/c1-16-17(2)26(18(3)27)22-10-9-20(25-11-13-28-14-12-25)15-21(22)23(16)24-19-7-5-4-6-8-19/h4-10,15-17,23-24H,11-14H2,1-3H3/t16-,17-,23?/m0/s1. The Labute approximate surface area is 167 Å².